The second kappa shape index (κ2) is 5.38. The molecule has 2 N–H and O–H groups in total. The first-order valence-corrected chi connectivity index (χ1v) is 5.53. The van der Waals surface area contributed by atoms with E-state index in [1.165, 1.54) is 0 Å². The van der Waals surface area contributed by atoms with Crippen LogP contribution in [0.25, 0.3) is 0 Å². The van der Waals surface area contributed by atoms with Crippen LogP contribution in [0.15, 0.2) is 18.2 Å². The Hall–Kier alpha value is -0.730. The third-order valence-corrected chi connectivity index (χ3v) is 2.67. The molecule has 0 radical (unpaired) electrons. The molecule has 2 nitrogen and oxygen atoms in total. The average Bonchev–Trinajstić information content (AvgIpc) is 2.15. The standard InChI is InChI=1S/C12H18ClNO/c1-8(2)11(14)7-15-12-5-4-9(3)6-10(12)13/h4-6,8,11H,7,14H2,1-3H3. The van der Waals surface area contributed by atoms with Gasteiger partial charge in [-0.05, 0) is 30.5 Å². The summed E-state index contributed by atoms with van der Waals surface area (Å²) in [4.78, 5) is 0. The number of ether oxygens (including phenoxy) is 1. The first kappa shape index (κ1) is 12.3. The van der Waals surface area contributed by atoms with Crippen molar-refractivity contribution >= 4 is 11.6 Å². The molecule has 0 aliphatic carbocycles. The molecule has 0 bridgehead atoms. The SMILES string of the molecule is Cc1ccc(OCC(N)C(C)C)c(Cl)c1. The summed E-state index contributed by atoms with van der Waals surface area (Å²) >= 11 is 6.03. The van der Waals surface area contributed by atoms with Crippen molar-refractivity contribution in [1.29, 1.82) is 0 Å². The maximum Gasteiger partial charge on any atom is 0.137 e. The van der Waals surface area contributed by atoms with Gasteiger partial charge in [0, 0.05) is 6.04 Å². The van der Waals surface area contributed by atoms with Crippen molar-refractivity contribution in [1.82, 2.24) is 0 Å². The topological polar surface area (TPSA) is 35.2 Å². The fraction of sp³-hybridized carbons (Fsp3) is 0.500. The molecule has 0 saturated heterocycles. The maximum atomic E-state index is 6.03. The number of nitrogens with two attached hydrogens (primary N) is 1. The number of hydrogen-bond acceptors (Lipinski definition) is 2. The summed E-state index contributed by atoms with van der Waals surface area (Å²) in [6.07, 6.45) is 0. The number of aryl methyl sites for hydroxylation is 1. The van der Waals surface area contributed by atoms with Gasteiger partial charge < -0.3 is 10.5 Å². The van der Waals surface area contributed by atoms with Gasteiger partial charge in [0.1, 0.15) is 12.4 Å². The van der Waals surface area contributed by atoms with Gasteiger partial charge in [-0.25, -0.2) is 0 Å². The molecule has 84 valence electrons. The lowest BCUT2D eigenvalue weighted by molar-refractivity contribution is 0.259. The number of benzene rings is 1. The van der Waals surface area contributed by atoms with Gasteiger partial charge in [-0.15, -0.1) is 0 Å². The molecule has 0 saturated carbocycles. The van der Waals surface area contributed by atoms with Gasteiger partial charge in [0.25, 0.3) is 0 Å². The molecule has 1 rings (SSSR count). The molecule has 1 unspecified atom stereocenters. The zero-order valence-electron chi connectivity index (χ0n) is 9.46. The lowest BCUT2D eigenvalue weighted by Crippen LogP contribution is -2.33. The lowest BCUT2D eigenvalue weighted by atomic mass is 10.1. The first-order chi connectivity index (χ1) is 7.00. The monoisotopic (exact) mass is 227 g/mol. The van der Waals surface area contributed by atoms with E-state index in [4.69, 9.17) is 22.1 Å². The van der Waals surface area contributed by atoms with Gasteiger partial charge in [0.2, 0.25) is 0 Å². The van der Waals surface area contributed by atoms with Crippen molar-refractivity contribution in [3.8, 4) is 5.75 Å². The van der Waals surface area contributed by atoms with Crippen molar-refractivity contribution in [3.05, 3.63) is 28.8 Å². The van der Waals surface area contributed by atoms with E-state index < -0.39 is 0 Å². The summed E-state index contributed by atoms with van der Waals surface area (Å²) in [7, 11) is 0. The molecule has 1 atom stereocenters. The molecule has 0 heterocycles. The molecule has 1 aromatic rings. The highest BCUT2D eigenvalue weighted by atomic mass is 35.5. The van der Waals surface area contributed by atoms with E-state index in [9.17, 15) is 0 Å². The predicted molar refractivity (Wildman–Crippen MR) is 64.5 cm³/mol. The van der Waals surface area contributed by atoms with Crippen LogP contribution in [0.3, 0.4) is 0 Å². The van der Waals surface area contributed by atoms with E-state index >= 15 is 0 Å². The largest absolute Gasteiger partial charge is 0.490 e. The van der Waals surface area contributed by atoms with Crippen LogP contribution in [0, 0.1) is 12.8 Å². The molecule has 0 aliphatic rings. The second-order valence-electron chi connectivity index (χ2n) is 4.15. The molecule has 15 heavy (non-hydrogen) atoms. The quantitative estimate of drug-likeness (QED) is 0.858. The minimum absolute atomic E-state index is 0.0439. The molecule has 0 aliphatic heterocycles. The fourth-order valence-corrected chi connectivity index (χ4v) is 1.39. The molecule has 0 spiro atoms. The Morgan fingerprint density at radius 3 is 2.60 bits per heavy atom. The third kappa shape index (κ3) is 3.73. The molecular weight excluding hydrogens is 210 g/mol. The van der Waals surface area contributed by atoms with Crippen molar-refractivity contribution < 1.29 is 4.74 Å². The summed E-state index contributed by atoms with van der Waals surface area (Å²) in [5, 5.41) is 0.644. The zero-order valence-corrected chi connectivity index (χ0v) is 10.2. The minimum Gasteiger partial charge on any atom is -0.490 e. The van der Waals surface area contributed by atoms with E-state index in [0.29, 0.717) is 23.3 Å². The third-order valence-electron chi connectivity index (χ3n) is 2.37. The molecule has 0 amide bonds. The molecule has 0 aromatic heterocycles. The number of rotatable bonds is 4. The van der Waals surface area contributed by atoms with Crippen molar-refractivity contribution in [2.24, 2.45) is 11.7 Å². The average molecular weight is 228 g/mol. The predicted octanol–water partition coefficient (Wildman–Crippen LogP) is 3.01. The van der Waals surface area contributed by atoms with Crippen molar-refractivity contribution in [3.63, 3.8) is 0 Å². The Morgan fingerprint density at radius 2 is 2.07 bits per heavy atom. The Labute approximate surface area is 96.4 Å². The van der Waals surface area contributed by atoms with E-state index in [1.54, 1.807) is 0 Å². The summed E-state index contributed by atoms with van der Waals surface area (Å²) in [5.41, 5.74) is 7.00. The summed E-state index contributed by atoms with van der Waals surface area (Å²) in [6, 6.07) is 5.78. The van der Waals surface area contributed by atoms with Gasteiger partial charge in [0.15, 0.2) is 0 Å². The highest BCUT2D eigenvalue weighted by Gasteiger charge is 2.09. The van der Waals surface area contributed by atoms with Gasteiger partial charge in [-0.2, -0.15) is 0 Å². The number of hydrogen-bond donors (Lipinski definition) is 1. The van der Waals surface area contributed by atoms with Crippen LogP contribution < -0.4 is 10.5 Å². The van der Waals surface area contributed by atoms with E-state index in [0.717, 1.165) is 5.56 Å². The maximum absolute atomic E-state index is 6.03. The Morgan fingerprint density at radius 1 is 1.40 bits per heavy atom. The zero-order chi connectivity index (χ0) is 11.4. The summed E-state index contributed by atoms with van der Waals surface area (Å²) in [6.45, 7) is 6.64. The van der Waals surface area contributed by atoms with Crippen LogP contribution >= 0.6 is 11.6 Å². The highest BCUT2D eigenvalue weighted by Crippen LogP contribution is 2.25. The Bertz CT molecular complexity index is 325. The summed E-state index contributed by atoms with van der Waals surface area (Å²) in [5.74, 6) is 1.12. The fourth-order valence-electron chi connectivity index (χ4n) is 1.10. The van der Waals surface area contributed by atoms with Crippen molar-refractivity contribution in [2.45, 2.75) is 26.8 Å². The lowest BCUT2D eigenvalue weighted by Gasteiger charge is -2.17. The van der Waals surface area contributed by atoms with Crippen LogP contribution in [0.4, 0.5) is 0 Å². The Balaban J connectivity index is 2.58. The van der Waals surface area contributed by atoms with Crippen LogP contribution in [0.5, 0.6) is 5.75 Å². The van der Waals surface area contributed by atoms with Crippen molar-refractivity contribution in [2.75, 3.05) is 6.61 Å². The van der Waals surface area contributed by atoms with Gasteiger partial charge >= 0.3 is 0 Å². The highest BCUT2D eigenvalue weighted by molar-refractivity contribution is 6.32. The van der Waals surface area contributed by atoms with E-state index in [1.807, 2.05) is 25.1 Å². The first-order valence-electron chi connectivity index (χ1n) is 5.15. The van der Waals surface area contributed by atoms with Gasteiger partial charge in [-0.3, -0.25) is 0 Å². The van der Waals surface area contributed by atoms with Crippen LogP contribution in [-0.4, -0.2) is 12.6 Å². The second-order valence-corrected chi connectivity index (χ2v) is 4.56. The van der Waals surface area contributed by atoms with Gasteiger partial charge in [0.05, 0.1) is 5.02 Å². The van der Waals surface area contributed by atoms with Crippen LogP contribution in [0.2, 0.25) is 5.02 Å². The molecule has 3 heteroatoms. The van der Waals surface area contributed by atoms with Gasteiger partial charge in [-0.1, -0.05) is 31.5 Å². The van der Waals surface area contributed by atoms with E-state index in [2.05, 4.69) is 13.8 Å². The van der Waals surface area contributed by atoms with E-state index in [-0.39, 0.29) is 6.04 Å². The molecular formula is C12H18ClNO. The summed E-state index contributed by atoms with van der Waals surface area (Å²) < 4.78 is 5.56. The molecule has 1 aromatic carbocycles. The van der Waals surface area contributed by atoms with Crippen LogP contribution in [0.1, 0.15) is 19.4 Å². The smallest absolute Gasteiger partial charge is 0.137 e. The normalized spacial score (nSPS) is 12.9. The minimum atomic E-state index is 0.0439. The number of halogens is 1. The molecule has 0 fully saturated rings. The van der Waals surface area contributed by atoms with Crippen LogP contribution in [-0.2, 0) is 0 Å². The Kier molecular flexibility index (Phi) is 4.43.